The van der Waals surface area contributed by atoms with Crippen molar-refractivity contribution in [3.63, 3.8) is 0 Å². The Hall–Kier alpha value is -1.55. The van der Waals surface area contributed by atoms with Crippen LogP contribution in [-0.4, -0.2) is 12.7 Å². The minimum Gasteiger partial charge on any atom is -0.310 e. The average Bonchev–Trinajstić information content (AvgIpc) is 2.36. The number of alkyl halides is 3. The summed E-state index contributed by atoms with van der Waals surface area (Å²) in [4.78, 5) is 0. The Kier molecular flexibility index (Phi) is 4.10. The van der Waals surface area contributed by atoms with Gasteiger partial charge >= 0.3 is 6.18 Å². The van der Waals surface area contributed by atoms with Crippen LogP contribution in [0.15, 0.2) is 42.5 Å². The minimum absolute atomic E-state index is 0.508. The van der Waals surface area contributed by atoms with Gasteiger partial charge in [0.1, 0.15) is 0 Å². The molecule has 2 rings (SSSR count). The normalized spacial score (nSPS) is 13.7. The molecule has 1 N–H and O–H groups in total. The first kappa shape index (κ1) is 13.9. The highest BCUT2D eigenvalue weighted by molar-refractivity contribution is 5.83. The molecule has 102 valence electrons. The van der Waals surface area contributed by atoms with Crippen LogP contribution < -0.4 is 5.32 Å². The lowest BCUT2D eigenvalue weighted by Crippen LogP contribution is -2.26. The van der Waals surface area contributed by atoms with E-state index in [-0.39, 0.29) is 0 Å². The molecular formula is C15H16F3N. The molecule has 0 bridgehead atoms. The number of fused-ring (bicyclic) bond motifs is 1. The van der Waals surface area contributed by atoms with Crippen LogP contribution in [0, 0.1) is 0 Å². The standard InChI is InChI=1S/C15H16F3N/c1-2-19-14(10-15(16,17)18)13-8-7-11-5-3-4-6-12(11)9-13/h3-9,14,19H,2,10H2,1H3. The summed E-state index contributed by atoms with van der Waals surface area (Å²) in [5.74, 6) is 0. The van der Waals surface area contributed by atoms with Gasteiger partial charge in [-0.1, -0.05) is 43.3 Å². The Bertz CT molecular complexity index is 548. The van der Waals surface area contributed by atoms with Crippen molar-refractivity contribution in [2.45, 2.75) is 25.6 Å². The van der Waals surface area contributed by atoms with Gasteiger partial charge in [0, 0.05) is 6.04 Å². The summed E-state index contributed by atoms with van der Waals surface area (Å²) in [7, 11) is 0. The van der Waals surface area contributed by atoms with Crippen molar-refractivity contribution >= 4 is 10.8 Å². The number of benzene rings is 2. The molecule has 0 aliphatic heterocycles. The van der Waals surface area contributed by atoms with Crippen LogP contribution in [0.1, 0.15) is 24.9 Å². The Morgan fingerprint density at radius 3 is 2.37 bits per heavy atom. The summed E-state index contributed by atoms with van der Waals surface area (Å²) >= 11 is 0. The molecule has 1 atom stereocenters. The molecule has 1 unspecified atom stereocenters. The highest BCUT2D eigenvalue weighted by Crippen LogP contribution is 2.30. The molecule has 2 aromatic carbocycles. The van der Waals surface area contributed by atoms with Gasteiger partial charge in [0.25, 0.3) is 0 Å². The van der Waals surface area contributed by atoms with Crippen molar-refractivity contribution in [3.05, 3.63) is 48.0 Å². The fraction of sp³-hybridized carbons (Fsp3) is 0.333. The lowest BCUT2D eigenvalue weighted by atomic mass is 9.99. The molecule has 0 aliphatic carbocycles. The lowest BCUT2D eigenvalue weighted by Gasteiger charge is -2.20. The topological polar surface area (TPSA) is 12.0 Å². The van der Waals surface area contributed by atoms with Crippen LogP contribution in [0.25, 0.3) is 10.8 Å². The maximum Gasteiger partial charge on any atom is 0.390 e. The predicted octanol–water partition coefficient (Wildman–Crippen LogP) is 4.44. The smallest absolute Gasteiger partial charge is 0.310 e. The molecule has 19 heavy (non-hydrogen) atoms. The van der Waals surface area contributed by atoms with Gasteiger partial charge in [-0.15, -0.1) is 0 Å². The second-order valence-electron chi connectivity index (χ2n) is 4.54. The second-order valence-corrected chi connectivity index (χ2v) is 4.54. The van der Waals surface area contributed by atoms with Crippen molar-refractivity contribution in [1.82, 2.24) is 5.32 Å². The Morgan fingerprint density at radius 2 is 1.74 bits per heavy atom. The van der Waals surface area contributed by atoms with Crippen molar-refractivity contribution in [3.8, 4) is 0 Å². The van der Waals surface area contributed by atoms with Gasteiger partial charge in [0.15, 0.2) is 0 Å². The largest absolute Gasteiger partial charge is 0.390 e. The molecule has 0 heterocycles. The van der Waals surface area contributed by atoms with Gasteiger partial charge in [0.2, 0.25) is 0 Å². The summed E-state index contributed by atoms with van der Waals surface area (Å²) in [6, 6.07) is 12.4. The van der Waals surface area contributed by atoms with E-state index in [4.69, 9.17) is 0 Å². The highest BCUT2D eigenvalue weighted by atomic mass is 19.4. The maximum atomic E-state index is 12.6. The molecule has 0 aromatic heterocycles. The molecule has 0 spiro atoms. The van der Waals surface area contributed by atoms with E-state index in [1.165, 1.54) is 0 Å². The number of rotatable bonds is 4. The van der Waals surface area contributed by atoms with E-state index >= 15 is 0 Å². The van der Waals surface area contributed by atoms with E-state index < -0.39 is 18.6 Å². The third kappa shape index (κ3) is 3.70. The fourth-order valence-corrected chi connectivity index (χ4v) is 2.21. The van der Waals surface area contributed by atoms with Gasteiger partial charge in [-0.25, -0.2) is 0 Å². The zero-order valence-corrected chi connectivity index (χ0v) is 10.7. The van der Waals surface area contributed by atoms with Crippen molar-refractivity contribution in [2.24, 2.45) is 0 Å². The van der Waals surface area contributed by atoms with E-state index in [1.807, 2.05) is 43.3 Å². The van der Waals surface area contributed by atoms with E-state index in [1.54, 1.807) is 6.07 Å². The SMILES string of the molecule is CCNC(CC(F)(F)F)c1ccc2ccccc2c1. The summed E-state index contributed by atoms with van der Waals surface area (Å²) < 4.78 is 37.8. The van der Waals surface area contributed by atoms with Gasteiger partial charge in [-0.3, -0.25) is 0 Å². The summed E-state index contributed by atoms with van der Waals surface area (Å²) in [6.07, 6.45) is -5.02. The molecule has 0 radical (unpaired) electrons. The lowest BCUT2D eigenvalue weighted by molar-refractivity contribution is -0.140. The number of nitrogens with one attached hydrogen (secondary N) is 1. The third-order valence-electron chi connectivity index (χ3n) is 3.06. The molecule has 0 amide bonds. The summed E-state index contributed by atoms with van der Waals surface area (Å²) in [6.45, 7) is 2.32. The molecule has 0 aliphatic rings. The number of hydrogen-bond donors (Lipinski definition) is 1. The van der Waals surface area contributed by atoms with Gasteiger partial charge in [-0.05, 0) is 28.9 Å². The molecular weight excluding hydrogens is 251 g/mol. The van der Waals surface area contributed by atoms with Crippen molar-refractivity contribution < 1.29 is 13.2 Å². The number of hydrogen-bond acceptors (Lipinski definition) is 1. The molecule has 0 fully saturated rings. The van der Waals surface area contributed by atoms with Crippen LogP contribution in [-0.2, 0) is 0 Å². The molecule has 0 saturated heterocycles. The Labute approximate surface area is 110 Å². The van der Waals surface area contributed by atoms with Crippen LogP contribution in [0.2, 0.25) is 0 Å². The molecule has 2 aromatic rings. The first-order chi connectivity index (χ1) is 8.99. The minimum atomic E-state index is -4.17. The summed E-state index contributed by atoms with van der Waals surface area (Å²) in [5.41, 5.74) is 0.679. The van der Waals surface area contributed by atoms with E-state index in [9.17, 15) is 13.2 Å². The van der Waals surface area contributed by atoms with Crippen LogP contribution >= 0.6 is 0 Å². The zero-order chi connectivity index (χ0) is 13.9. The molecule has 1 nitrogen and oxygen atoms in total. The Morgan fingerprint density at radius 1 is 1.05 bits per heavy atom. The first-order valence-corrected chi connectivity index (χ1v) is 6.28. The van der Waals surface area contributed by atoms with Crippen LogP contribution in [0.4, 0.5) is 13.2 Å². The molecule has 0 saturated carbocycles. The fourth-order valence-electron chi connectivity index (χ4n) is 2.21. The maximum absolute atomic E-state index is 12.6. The Balaban J connectivity index is 2.33. The van der Waals surface area contributed by atoms with Crippen LogP contribution in [0.5, 0.6) is 0 Å². The highest BCUT2D eigenvalue weighted by Gasteiger charge is 2.32. The number of halogens is 3. The third-order valence-corrected chi connectivity index (χ3v) is 3.06. The molecule has 4 heteroatoms. The van der Waals surface area contributed by atoms with Crippen molar-refractivity contribution in [1.29, 1.82) is 0 Å². The quantitative estimate of drug-likeness (QED) is 0.863. The monoisotopic (exact) mass is 267 g/mol. The average molecular weight is 267 g/mol. The van der Waals surface area contributed by atoms with E-state index in [0.29, 0.717) is 12.1 Å². The predicted molar refractivity (Wildman–Crippen MR) is 71.0 cm³/mol. The second kappa shape index (κ2) is 5.61. The summed E-state index contributed by atoms with van der Waals surface area (Å²) in [5, 5.41) is 4.90. The first-order valence-electron chi connectivity index (χ1n) is 6.28. The van der Waals surface area contributed by atoms with Gasteiger partial charge < -0.3 is 5.32 Å². The van der Waals surface area contributed by atoms with Gasteiger partial charge in [0.05, 0.1) is 6.42 Å². The van der Waals surface area contributed by atoms with E-state index in [2.05, 4.69) is 5.32 Å². The van der Waals surface area contributed by atoms with Gasteiger partial charge in [-0.2, -0.15) is 13.2 Å². The van der Waals surface area contributed by atoms with Crippen molar-refractivity contribution in [2.75, 3.05) is 6.54 Å². The zero-order valence-electron chi connectivity index (χ0n) is 10.7. The van der Waals surface area contributed by atoms with E-state index in [0.717, 1.165) is 10.8 Å². The van der Waals surface area contributed by atoms with Crippen LogP contribution in [0.3, 0.4) is 0 Å².